The standard InChI is InChI=1S/C13H19N3O3/c1-2-3-9(13(18)19)7-14-10-6-11(17)16-12(15-10)8-4-5-8/h6,8-9H,2-5,7H2,1H3,(H,18,19)(H2,14,15,16,17). The van der Waals surface area contributed by atoms with Gasteiger partial charge in [0.2, 0.25) is 0 Å². The van der Waals surface area contributed by atoms with Crippen molar-refractivity contribution in [2.45, 2.75) is 38.5 Å². The molecule has 3 N–H and O–H groups in total. The number of aliphatic carboxylic acids is 1. The van der Waals surface area contributed by atoms with E-state index < -0.39 is 11.9 Å². The maximum atomic E-state index is 11.5. The molecule has 0 bridgehead atoms. The van der Waals surface area contributed by atoms with Gasteiger partial charge in [-0.15, -0.1) is 0 Å². The molecular weight excluding hydrogens is 246 g/mol. The number of anilines is 1. The molecule has 0 saturated heterocycles. The summed E-state index contributed by atoms with van der Waals surface area (Å²) in [5, 5.41) is 12.0. The van der Waals surface area contributed by atoms with Crippen molar-refractivity contribution < 1.29 is 9.90 Å². The molecule has 1 unspecified atom stereocenters. The Morgan fingerprint density at radius 1 is 1.63 bits per heavy atom. The van der Waals surface area contributed by atoms with Crippen LogP contribution in [0.3, 0.4) is 0 Å². The highest BCUT2D eigenvalue weighted by molar-refractivity contribution is 5.70. The minimum Gasteiger partial charge on any atom is -0.481 e. The average Bonchev–Trinajstić information content (AvgIpc) is 3.17. The van der Waals surface area contributed by atoms with Crippen molar-refractivity contribution in [2.75, 3.05) is 11.9 Å². The molecule has 1 heterocycles. The number of hydrogen-bond acceptors (Lipinski definition) is 4. The summed E-state index contributed by atoms with van der Waals surface area (Å²) in [6.07, 6.45) is 3.54. The number of hydrogen-bond donors (Lipinski definition) is 3. The molecule has 1 atom stereocenters. The van der Waals surface area contributed by atoms with Gasteiger partial charge in [0.15, 0.2) is 0 Å². The van der Waals surface area contributed by atoms with Crippen LogP contribution in [0, 0.1) is 5.92 Å². The van der Waals surface area contributed by atoms with Gasteiger partial charge in [-0.05, 0) is 19.3 Å². The van der Waals surface area contributed by atoms with Crippen LogP contribution in [0.4, 0.5) is 5.82 Å². The molecule has 1 aliphatic rings. The van der Waals surface area contributed by atoms with Crippen molar-refractivity contribution in [2.24, 2.45) is 5.92 Å². The van der Waals surface area contributed by atoms with Crippen molar-refractivity contribution in [3.05, 3.63) is 22.2 Å². The van der Waals surface area contributed by atoms with Crippen LogP contribution in [0.2, 0.25) is 0 Å². The van der Waals surface area contributed by atoms with E-state index in [4.69, 9.17) is 5.11 Å². The lowest BCUT2D eigenvalue weighted by atomic mass is 10.0. The zero-order valence-electron chi connectivity index (χ0n) is 11.0. The zero-order chi connectivity index (χ0) is 13.8. The van der Waals surface area contributed by atoms with Gasteiger partial charge in [-0.3, -0.25) is 9.59 Å². The minimum atomic E-state index is -0.818. The van der Waals surface area contributed by atoms with Crippen molar-refractivity contribution >= 4 is 11.8 Å². The summed E-state index contributed by atoms with van der Waals surface area (Å²) >= 11 is 0. The number of aromatic nitrogens is 2. The molecule has 0 radical (unpaired) electrons. The summed E-state index contributed by atoms with van der Waals surface area (Å²) in [5.74, 6) is 0.266. The molecule has 104 valence electrons. The van der Waals surface area contributed by atoms with Crippen LogP contribution in [-0.2, 0) is 4.79 Å². The van der Waals surface area contributed by atoms with Crippen molar-refractivity contribution in [3.8, 4) is 0 Å². The van der Waals surface area contributed by atoms with Crippen molar-refractivity contribution in [1.29, 1.82) is 0 Å². The number of nitrogens with one attached hydrogen (secondary N) is 2. The second-order valence-corrected chi connectivity index (χ2v) is 4.99. The lowest BCUT2D eigenvalue weighted by molar-refractivity contribution is -0.141. The Balaban J connectivity index is 2.01. The zero-order valence-corrected chi connectivity index (χ0v) is 11.0. The summed E-state index contributed by atoms with van der Waals surface area (Å²) in [4.78, 5) is 29.6. The van der Waals surface area contributed by atoms with Crippen molar-refractivity contribution in [3.63, 3.8) is 0 Å². The Labute approximate surface area is 111 Å². The molecule has 6 nitrogen and oxygen atoms in total. The third kappa shape index (κ3) is 3.81. The normalized spacial score (nSPS) is 16.1. The van der Waals surface area contributed by atoms with E-state index in [1.54, 1.807) is 0 Å². The monoisotopic (exact) mass is 265 g/mol. The smallest absolute Gasteiger partial charge is 0.308 e. The molecule has 1 aromatic rings. The van der Waals surface area contributed by atoms with Crippen LogP contribution in [0.15, 0.2) is 10.9 Å². The SMILES string of the molecule is CCCC(CNc1cc(=O)[nH]c(C2CC2)n1)C(=O)O. The molecule has 0 amide bonds. The number of H-pyrrole nitrogens is 1. The van der Waals surface area contributed by atoms with Gasteiger partial charge in [0.05, 0.1) is 5.92 Å². The van der Waals surface area contributed by atoms with E-state index in [0.29, 0.717) is 30.5 Å². The van der Waals surface area contributed by atoms with Gasteiger partial charge in [-0.25, -0.2) is 4.98 Å². The van der Waals surface area contributed by atoms with Gasteiger partial charge in [0.25, 0.3) is 5.56 Å². The molecule has 0 aliphatic heterocycles. The molecule has 1 aromatic heterocycles. The first-order valence-electron chi connectivity index (χ1n) is 6.68. The Hall–Kier alpha value is -1.85. The van der Waals surface area contributed by atoms with Gasteiger partial charge in [-0.1, -0.05) is 13.3 Å². The largest absolute Gasteiger partial charge is 0.481 e. The van der Waals surface area contributed by atoms with Crippen LogP contribution >= 0.6 is 0 Å². The molecule has 1 aliphatic carbocycles. The van der Waals surface area contributed by atoms with Crippen LogP contribution in [0.1, 0.15) is 44.3 Å². The van der Waals surface area contributed by atoms with Crippen molar-refractivity contribution in [1.82, 2.24) is 9.97 Å². The number of rotatable bonds is 7. The molecule has 0 spiro atoms. The molecule has 19 heavy (non-hydrogen) atoms. The van der Waals surface area contributed by atoms with E-state index in [1.807, 2.05) is 6.92 Å². The van der Waals surface area contributed by atoms with Crippen LogP contribution in [0.5, 0.6) is 0 Å². The highest BCUT2D eigenvalue weighted by Crippen LogP contribution is 2.37. The lowest BCUT2D eigenvalue weighted by Crippen LogP contribution is -2.24. The minimum absolute atomic E-state index is 0.193. The maximum Gasteiger partial charge on any atom is 0.308 e. The molecular formula is C13H19N3O3. The van der Waals surface area contributed by atoms with E-state index >= 15 is 0 Å². The molecule has 0 aromatic carbocycles. The first kappa shape index (κ1) is 13.6. The predicted octanol–water partition coefficient (Wildman–Crippen LogP) is 1.56. The Morgan fingerprint density at radius 3 is 2.95 bits per heavy atom. The van der Waals surface area contributed by atoms with Gasteiger partial charge >= 0.3 is 5.97 Å². The van der Waals surface area contributed by atoms with E-state index in [2.05, 4.69) is 15.3 Å². The van der Waals surface area contributed by atoms with Gasteiger partial charge < -0.3 is 15.4 Å². The Morgan fingerprint density at radius 2 is 2.37 bits per heavy atom. The molecule has 1 saturated carbocycles. The third-order valence-corrected chi connectivity index (χ3v) is 3.24. The molecule has 6 heteroatoms. The van der Waals surface area contributed by atoms with Gasteiger partial charge in [0, 0.05) is 18.5 Å². The topological polar surface area (TPSA) is 95.1 Å². The highest BCUT2D eigenvalue weighted by atomic mass is 16.4. The lowest BCUT2D eigenvalue weighted by Gasteiger charge is -2.13. The van der Waals surface area contributed by atoms with E-state index in [0.717, 1.165) is 19.3 Å². The van der Waals surface area contributed by atoms with Gasteiger partial charge in [0.1, 0.15) is 11.6 Å². The maximum absolute atomic E-state index is 11.5. The fraction of sp³-hybridized carbons (Fsp3) is 0.615. The number of aromatic amines is 1. The first-order valence-corrected chi connectivity index (χ1v) is 6.68. The molecule has 1 fully saturated rings. The summed E-state index contributed by atoms with van der Waals surface area (Å²) in [5.41, 5.74) is -0.193. The first-order chi connectivity index (χ1) is 9.10. The number of carboxylic acids is 1. The quantitative estimate of drug-likeness (QED) is 0.695. The number of nitrogens with zero attached hydrogens (tertiary/aromatic N) is 1. The third-order valence-electron chi connectivity index (χ3n) is 3.24. The fourth-order valence-electron chi connectivity index (χ4n) is 2.01. The Kier molecular flexibility index (Phi) is 4.19. The molecule has 2 rings (SSSR count). The summed E-state index contributed by atoms with van der Waals surface area (Å²) in [6, 6.07) is 1.37. The van der Waals surface area contributed by atoms with Crippen LogP contribution in [-0.4, -0.2) is 27.6 Å². The van der Waals surface area contributed by atoms with E-state index in [-0.39, 0.29) is 5.56 Å². The summed E-state index contributed by atoms with van der Waals surface area (Å²) in [7, 11) is 0. The second kappa shape index (κ2) is 5.86. The van der Waals surface area contributed by atoms with Crippen LogP contribution < -0.4 is 10.9 Å². The second-order valence-electron chi connectivity index (χ2n) is 4.99. The van der Waals surface area contributed by atoms with Crippen LogP contribution in [0.25, 0.3) is 0 Å². The summed E-state index contributed by atoms with van der Waals surface area (Å²) in [6.45, 7) is 2.25. The van der Waals surface area contributed by atoms with E-state index in [9.17, 15) is 9.59 Å². The van der Waals surface area contributed by atoms with Gasteiger partial charge in [-0.2, -0.15) is 0 Å². The highest BCUT2D eigenvalue weighted by Gasteiger charge is 2.26. The predicted molar refractivity (Wildman–Crippen MR) is 71.4 cm³/mol. The summed E-state index contributed by atoms with van der Waals surface area (Å²) < 4.78 is 0. The average molecular weight is 265 g/mol. The number of carbonyl (C=O) groups is 1. The van der Waals surface area contributed by atoms with E-state index in [1.165, 1.54) is 6.07 Å². The fourth-order valence-corrected chi connectivity index (χ4v) is 2.01. The number of carboxylic acid groups (broad SMARTS) is 1. The Bertz CT molecular complexity index is 508.